The van der Waals surface area contributed by atoms with Gasteiger partial charge in [0.1, 0.15) is 0 Å². The summed E-state index contributed by atoms with van der Waals surface area (Å²) in [5, 5.41) is 9.17. The van der Waals surface area contributed by atoms with Crippen molar-refractivity contribution in [3.8, 4) is 0 Å². The second-order valence-corrected chi connectivity index (χ2v) is 6.94. The minimum absolute atomic E-state index is 0.113. The average molecular weight is 283 g/mol. The molecule has 5 heteroatoms. The molecule has 1 unspecified atom stereocenters. The van der Waals surface area contributed by atoms with Crippen molar-refractivity contribution in [3.63, 3.8) is 0 Å². The van der Waals surface area contributed by atoms with E-state index in [4.69, 9.17) is 0 Å². The average Bonchev–Trinajstić information content (AvgIpc) is 2.88. The van der Waals surface area contributed by atoms with Crippen LogP contribution >= 0.6 is 0 Å². The number of rotatable bonds is 4. The normalized spacial score (nSPS) is 20.9. The van der Waals surface area contributed by atoms with Gasteiger partial charge < -0.3 is 5.11 Å². The Kier molecular flexibility index (Phi) is 4.28. The number of hydrogen-bond acceptors (Lipinski definition) is 3. The van der Waals surface area contributed by atoms with Gasteiger partial charge in [-0.25, -0.2) is 8.42 Å². The Balaban J connectivity index is 2.44. The second kappa shape index (κ2) is 5.61. The zero-order chi connectivity index (χ0) is 14.0. The molecule has 1 aliphatic heterocycles. The van der Waals surface area contributed by atoms with Crippen molar-refractivity contribution >= 4 is 10.0 Å². The van der Waals surface area contributed by atoms with Gasteiger partial charge in [-0.15, -0.1) is 0 Å². The fourth-order valence-corrected chi connectivity index (χ4v) is 4.72. The molecule has 0 aliphatic carbocycles. The van der Waals surface area contributed by atoms with E-state index in [0.717, 1.165) is 24.8 Å². The molecule has 1 fully saturated rings. The number of nitrogens with zero attached hydrogens (tertiary/aromatic N) is 1. The molecule has 1 aromatic carbocycles. The lowest BCUT2D eigenvalue weighted by atomic mass is 10.2. The summed E-state index contributed by atoms with van der Waals surface area (Å²) in [6, 6.07) is 5.23. The summed E-state index contributed by atoms with van der Waals surface area (Å²) in [5.41, 5.74) is 1.37. The molecule has 1 heterocycles. The van der Waals surface area contributed by atoms with Crippen LogP contribution in [0.4, 0.5) is 0 Å². The number of sulfonamides is 1. The maximum Gasteiger partial charge on any atom is 0.243 e. The lowest BCUT2D eigenvalue weighted by Crippen LogP contribution is -2.35. The molecule has 0 spiro atoms. The van der Waals surface area contributed by atoms with Crippen LogP contribution in [0, 0.1) is 6.92 Å². The standard InChI is InChI=1S/C14H21NO3S/c1-3-13-5-4-8-15(13)19(17,18)14-9-12(10-16)7-6-11(14)2/h6-7,9,13,16H,3-5,8,10H2,1-2H3. The molecule has 1 aromatic rings. The molecule has 0 radical (unpaired) electrons. The quantitative estimate of drug-likeness (QED) is 0.920. The Morgan fingerprint density at radius 1 is 1.42 bits per heavy atom. The summed E-state index contributed by atoms with van der Waals surface area (Å²) in [4.78, 5) is 0.333. The first-order chi connectivity index (χ1) is 9.00. The van der Waals surface area contributed by atoms with E-state index in [2.05, 4.69) is 0 Å². The topological polar surface area (TPSA) is 57.6 Å². The molecule has 0 bridgehead atoms. The van der Waals surface area contributed by atoms with Crippen LogP contribution in [-0.4, -0.2) is 30.4 Å². The third-order valence-corrected chi connectivity index (χ3v) is 5.91. The molecule has 2 rings (SSSR count). The predicted molar refractivity (Wildman–Crippen MR) is 74.3 cm³/mol. The van der Waals surface area contributed by atoms with Gasteiger partial charge in [-0.1, -0.05) is 19.1 Å². The zero-order valence-corrected chi connectivity index (χ0v) is 12.3. The fourth-order valence-electron chi connectivity index (χ4n) is 2.68. The van der Waals surface area contributed by atoms with E-state index in [0.29, 0.717) is 17.0 Å². The summed E-state index contributed by atoms with van der Waals surface area (Å²) >= 11 is 0. The number of aryl methyl sites for hydroxylation is 1. The Morgan fingerprint density at radius 3 is 2.79 bits per heavy atom. The molecular formula is C14H21NO3S. The number of aliphatic hydroxyl groups excluding tert-OH is 1. The highest BCUT2D eigenvalue weighted by atomic mass is 32.2. The van der Waals surface area contributed by atoms with Gasteiger partial charge in [0.2, 0.25) is 10.0 Å². The van der Waals surface area contributed by atoms with Crippen molar-refractivity contribution in [2.75, 3.05) is 6.54 Å². The summed E-state index contributed by atoms with van der Waals surface area (Å²) in [6.07, 6.45) is 2.71. The van der Waals surface area contributed by atoms with E-state index in [1.807, 2.05) is 6.92 Å². The highest BCUT2D eigenvalue weighted by Gasteiger charge is 2.34. The third-order valence-electron chi connectivity index (χ3n) is 3.82. The van der Waals surface area contributed by atoms with Crippen LogP contribution in [-0.2, 0) is 16.6 Å². The first-order valence-electron chi connectivity index (χ1n) is 6.73. The molecule has 1 aliphatic rings. The van der Waals surface area contributed by atoms with Gasteiger partial charge in [0.05, 0.1) is 11.5 Å². The zero-order valence-electron chi connectivity index (χ0n) is 11.5. The third kappa shape index (κ3) is 2.68. The summed E-state index contributed by atoms with van der Waals surface area (Å²) in [7, 11) is -3.44. The molecule has 1 N–H and O–H groups in total. The van der Waals surface area contributed by atoms with Gasteiger partial charge >= 0.3 is 0 Å². The van der Waals surface area contributed by atoms with Gasteiger partial charge in [-0.3, -0.25) is 0 Å². The predicted octanol–water partition coefficient (Wildman–Crippen LogP) is 2.05. The molecule has 0 amide bonds. The fraction of sp³-hybridized carbons (Fsp3) is 0.571. The van der Waals surface area contributed by atoms with Gasteiger partial charge in [0, 0.05) is 12.6 Å². The highest BCUT2D eigenvalue weighted by Crippen LogP contribution is 2.29. The Bertz CT molecular complexity index is 554. The first-order valence-corrected chi connectivity index (χ1v) is 8.17. The largest absolute Gasteiger partial charge is 0.392 e. The van der Waals surface area contributed by atoms with Gasteiger partial charge in [-0.05, 0) is 43.4 Å². The van der Waals surface area contributed by atoms with Crippen molar-refractivity contribution in [1.82, 2.24) is 4.31 Å². The summed E-state index contributed by atoms with van der Waals surface area (Å²) in [6.45, 7) is 4.28. The van der Waals surface area contributed by atoms with E-state index < -0.39 is 10.0 Å². The Hall–Kier alpha value is -0.910. The molecule has 19 heavy (non-hydrogen) atoms. The van der Waals surface area contributed by atoms with E-state index >= 15 is 0 Å². The van der Waals surface area contributed by atoms with E-state index in [1.165, 1.54) is 0 Å². The molecular weight excluding hydrogens is 262 g/mol. The molecule has 1 saturated heterocycles. The van der Waals surface area contributed by atoms with Crippen molar-refractivity contribution in [2.45, 2.75) is 50.7 Å². The molecule has 106 valence electrons. The van der Waals surface area contributed by atoms with E-state index in [9.17, 15) is 13.5 Å². The van der Waals surface area contributed by atoms with Crippen molar-refractivity contribution in [2.24, 2.45) is 0 Å². The van der Waals surface area contributed by atoms with Crippen LogP contribution in [0.15, 0.2) is 23.1 Å². The highest BCUT2D eigenvalue weighted by molar-refractivity contribution is 7.89. The van der Waals surface area contributed by atoms with Crippen LogP contribution in [0.25, 0.3) is 0 Å². The molecule has 4 nitrogen and oxygen atoms in total. The van der Waals surface area contributed by atoms with Gasteiger partial charge in [0.25, 0.3) is 0 Å². The minimum atomic E-state index is -3.44. The molecule has 0 saturated carbocycles. The molecule has 1 atom stereocenters. The van der Waals surface area contributed by atoms with Gasteiger partial charge in [-0.2, -0.15) is 4.31 Å². The maximum absolute atomic E-state index is 12.7. The van der Waals surface area contributed by atoms with Crippen molar-refractivity contribution < 1.29 is 13.5 Å². The van der Waals surface area contributed by atoms with Crippen molar-refractivity contribution in [1.29, 1.82) is 0 Å². The second-order valence-electron chi connectivity index (χ2n) is 5.08. The molecule has 0 aromatic heterocycles. The lowest BCUT2D eigenvalue weighted by molar-refractivity contribution is 0.281. The van der Waals surface area contributed by atoms with Gasteiger partial charge in [0.15, 0.2) is 0 Å². The maximum atomic E-state index is 12.7. The van der Waals surface area contributed by atoms with Crippen LogP contribution in [0.2, 0.25) is 0 Å². The van der Waals surface area contributed by atoms with Crippen LogP contribution in [0.3, 0.4) is 0 Å². The summed E-state index contributed by atoms with van der Waals surface area (Å²) < 4.78 is 27.1. The van der Waals surface area contributed by atoms with E-state index in [-0.39, 0.29) is 12.6 Å². The number of hydrogen-bond donors (Lipinski definition) is 1. The van der Waals surface area contributed by atoms with E-state index in [1.54, 1.807) is 29.4 Å². The number of benzene rings is 1. The number of aliphatic hydroxyl groups is 1. The SMILES string of the molecule is CCC1CCCN1S(=O)(=O)c1cc(CO)ccc1C. The summed E-state index contributed by atoms with van der Waals surface area (Å²) in [5.74, 6) is 0. The monoisotopic (exact) mass is 283 g/mol. The van der Waals surface area contributed by atoms with Crippen molar-refractivity contribution in [3.05, 3.63) is 29.3 Å². The Morgan fingerprint density at radius 2 is 2.16 bits per heavy atom. The Labute approximate surface area is 115 Å². The first kappa shape index (κ1) is 14.5. The van der Waals surface area contributed by atoms with Crippen LogP contribution < -0.4 is 0 Å². The minimum Gasteiger partial charge on any atom is -0.392 e. The lowest BCUT2D eigenvalue weighted by Gasteiger charge is -2.24. The van der Waals surface area contributed by atoms with Crippen LogP contribution in [0.1, 0.15) is 37.3 Å². The van der Waals surface area contributed by atoms with Crippen LogP contribution in [0.5, 0.6) is 0 Å². The smallest absolute Gasteiger partial charge is 0.243 e.